The molecule has 0 aliphatic rings. The first-order chi connectivity index (χ1) is 6.25. The number of hydrogen-bond donors (Lipinski definition) is 2. The van der Waals surface area contributed by atoms with E-state index in [-0.39, 0.29) is 12.8 Å². The highest BCUT2D eigenvalue weighted by Gasteiger charge is 2.42. The van der Waals surface area contributed by atoms with Gasteiger partial charge in [0.25, 0.3) is 0 Å². The summed E-state index contributed by atoms with van der Waals surface area (Å²) in [4.78, 5) is 10.8. The fourth-order valence-corrected chi connectivity index (χ4v) is 1.65. The van der Waals surface area contributed by atoms with Crippen molar-refractivity contribution < 1.29 is 23.5 Å². The third-order valence-corrected chi connectivity index (χ3v) is 4.12. The first kappa shape index (κ1) is 12.9. The first-order valence-electron chi connectivity index (χ1n) is 3.84. The average molecular weight is 223 g/mol. The van der Waals surface area contributed by atoms with Crippen LogP contribution in [0, 0.1) is 0 Å². The smallest absolute Gasteiger partial charge is 0.324 e. The Morgan fingerprint density at radius 1 is 1.57 bits per heavy atom. The van der Waals surface area contributed by atoms with E-state index in [2.05, 4.69) is 5.16 Å². The maximum absolute atomic E-state index is 11.2. The van der Waals surface area contributed by atoms with Crippen LogP contribution < -0.4 is 0 Å². The maximum atomic E-state index is 11.2. The Balaban J connectivity index is 4.85. The lowest BCUT2D eigenvalue weighted by Crippen LogP contribution is -2.43. The molecule has 0 radical (unpaired) electrons. The van der Waals surface area contributed by atoms with Crippen molar-refractivity contribution >= 4 is 22.0 Å². The van der Waals surface area contributed by atoms with E-state index in [1.165, 1.54) is 0 Å². The molecular weight excluding hydrogens is 210 g/mol. The molecule has 0 fully saturated rings. The van der Waals surface area contributed by atoms with Crippen molar-refractivity contribution in [2.45, 2.75) is 24.5 Å². The minimum Gasteiger partial charge on any atom is -0.480 e. The van der Waals surface area contributed by atoms with Crippen molar-refractivity contribution in [2.24, 2.45) is 5.16 Å². The number of carbonyl (C=O) groups is 1. The van der Waals surface area contributed by atoms with E-state index in [9.17, 15) is 13.2 Å². The molecule has 0 bridgehead atoms. The standard InChI is InChI=1S/C7H13NO5S/c1-7(6(9)10,14(2,12)13)4-3-5-8-11/h5,11H,3-4H2,1-2H3,(H,9,10)/b8-5-. The molecule has 0 saturated carbocycles. The quantitative estimate of drug-likeness (QED) is 0.391. The number of hydrogen-bond acceptors (Lipinski definition) is 5. The highest BCUT2D eigenvalue weighted by Crippen LogP contribution is 2.22. The zero-order valence-electron chi connectivity index (χ0n) is 7.97. The molecule has 1 unspecified atom stereocenters. The third kappa shape index (κ3) is 2.69. The summed E-state index contributed by atoms with van der Waals surface area (Å²) in [6.07, 6.45) is 1.90. The SMILES string of the molecule is CC(CC/C=N\O)(C(=O)O)S(C)(=O)=O. The highest BCUT2D eigenvalue weighted by molar-refractivity contribution is 7.92. The van der Waals surface area contributed by atoms with E-state index in [1.807, 2.05) is 0 Å². The van der Waals surface area contributed by atoms with Crippen LogP contribution >= 0.6 is 0 Å². The summed E-state index contributed by atoms with van der Waals surface area (Å²) in [5, 5.41) is 19.5. The Morgan fingerprint density at radius 2 is 2.07 bits per heavy atom. The molecule has 1 atom stereocenters. The maximum Gasteiger partial charge on any atom is 0.324 e. The molecule has 0 amide bonds. The van der Waals surface area contributed by atoms with Crippen molar-refractivity contribution in [1.29, 1.82) is 0 Å². The van der Waals surface area contributed by atoms with Crippen LogP contribution in [0.25, 0.3) is 0 Å². The Labute approximate surface area is 82.2 Å². The molecule has 7 heteroatoms. The van der Waals surface area contributed by atoms with Gasteiger partial charge in [0.05, 0.1) is 0 Å². The van der Waals surface area contributed by atoms with Crippen molar-refractivity contribution in [3.05, 3.63) is 0 Å². The van der Waals surface area contributed by atoms with Gasteiger partial charge in [-0.1, -0.05) is 0 Å². The lowest BCUT2D eigenvalue weighted by molar-refractivity contribution is -0.139. The normalized spacial score (nSPS) is 16.7. The molecule has 14 heavy (non-hydrogen) atoms. The molecule has 0 aromatic carbocycles. The number of oxime groups is 1. The average Bonchev–Trinajstić information content (AvgIpc) is 2.02. The van der Waals surface area contributed by atoms with Crippen LogP contribution in [0.1, 0.15) is 19.8 Å². The Hall–Kier alpha value is -1.11. The molecule has 2 N–H and O–H groups in total. The summed E-state index contributed by atoms with van der Waals surface area (Å²) in [7, 11) is -3.69. The third-order valence-electron chi connectivity index (χ3n) is 2.10. The van der Waals surface area contributed by atoms with Gasteiger partial charge in [-0.3, -0.25) is 4.79 Å². The summed E-state index contributed by atoms with van der Waals surface area (Å²) in [6, 6.07) is 0. The predicted molar refractivity (Wildman–Crippen MR) is 50.4 cm³/mol. The zero-order valence-corrected chi connectivity index (χ0v) is 8.78. The highest BCUT2D eigenvalue weighted by atomic mass is 32.2. The van der Waals surface area contributed by atoms with Crippen LogP contribution in [0.3, 0.4) is 0 Å². The van der Waals surface area contributed by atoms with Gasteiger partial charge in [-0.15, -0.1) is 5.16 Å². The van der Waals surface area contributed by atoms with E-state index < -0.39 is 20.6 Å². The molecule has 0 aliphatic carbocycles. The van der Waals surface area contributed by atoms with Gasteiger partial charge in [0.2, 0.25) is 0 Å². The van der Waals surface area contributed by atoms with E-state index in [1.54, 1.807) is 0 Å². The van der Waals surface area contributed by atoms with Crippen LogP contribution in [0.5, 0.6) is 0 Å². The monoisotopic (exact) mass is 223 g/mol. The summed E-state index contributed by atoms with van der Waals surface area (Å²) >= 11 is 0. The largest absolute Gasteiger partial charge is 0.480 e. The van der Waals surface area contributed by atoms with E-state index in [4.69, 9.17) is 10.3 Å². The summed E-state index contributed by atoms with van der Waals surface area (Å²) in [5.74, 6) is -1.40. The van der Waals surface area contributed by atoms with Gasteiger partial charge in [0.15, 0.2) is 14.6 Å². The van der Waals surface area contributed by atoms with Crippen LogP contribution in [-0.2, 0) is 14.6 Å². The number of nitrogens with zero attached hydrogens (tertiary/aromatic N) is 1. The molecule has 0 heterocycles. The second-order valence-corrected chi connectivity index (χ2v) is 5.59. The van der Waals surface area contributed by atoms with Gasteiger partial charge in [0.1, 0.15) is 0 Å². The topological polar surface area (TPSA) is 104 Å². The molecular formula is C7H13NO5S. The van der Waals surface area contributed by atoms with Crippen LogP contribution in [0.4, 0.5) is 0 Å². The van der Waals surface area contributed by atoms with E-state index >= 15 is 0 Å². The molecule has 0 spiro atoms. The number of aliphatic carboxylic acids is 1. The summed E-state index contributed by atoms with van der Waals surface area (Å²) in [6.45, 7) is 1.13. The first-order valence-corrected chi connectivity index (χ1v) is 5.73. The van der Waals surface area contributed by atoms with Crippen molar-refractivity contribution in [3.63, 3.8) is 0 Å². The second-order valence-electron chi connectivity index (χ2n) is 3.14. The van der Waals surface area contributed by atoms with Crippen molar-refractivity contribution in [2.75, 3.05) is 6.26 Å². The number of rotatable bonds is 5. The molecule has 0 aromatic heterocycles. The van der Waals surface area contributed by atoms with Crippen LogP contribution in [0.15, 0.2) is 5.16 Å². The van der Waals surface area contributed by atoms with E-state index in [0.29, 0.717) is 0 Å². The Morgan fingerprint density at radius 3 is 2.36 bits per heavy atom. The lowest BCUT2D eigenvalue weighted by atomic mass is 10.1. The zero-order chi connectivity index (χ0) is 11.4. The minimum absolute atomic E-state index is 0.0897. The molecule has 0 saturated heterocycles. The molecule has 0 aliphatic heterocycles. The van der Waals surface area contributed by atoms with Crippen LogP contribution in [0.2, 0.25) is 0 Å². The van der Waals surface area contributed by atoms with Gasteiger partial charge >= 0.3 is 5.97 Å². The van der Waals surface area contributed by atoms with Gasteiger partial charge in [-0.2, -0.15) is 0 Å². The Kier molecular flexibility index (Phi) is 4.06. The second kappa shape index (κ2) is 4.41. The molecule has 0 rings (SSSR count). The minimum atomic E-state index is -3.69. The van der Waals surface area contributed by atoms with Gasteiger partial charge in [-0.05, 0) is 19.8 Å². The van der Waals surface area contributed by atoms with Gasteiger partial charge in [0, 0.05) is 12.5 Å². The fourth-order valence-electron chi connectivity index (χ4n) is 0.849. The molecule has 6 nitrogen and oxygen atoms in total. The number of carboxylic acids is 1. The molecule has 82 valence electrons. The number of carboxylic acid groups (broad SMARTS) is 1. The summed E-state index contributed by atoms with van der Waals surface area (Å²) in [5.41, 5.74) is 0. The van der Waals surface area contributed by atoms with Crippen molar-refractivity contribution in [1.82, 2.24) is 0 Å². The summed E-state index contributed by atoms with van der Waals surface area (Å²) < 4.78 is 20.6. The fraction of sp³-hybridized carbons (Fsp3) is 0.714. The van der Waals surface area contributed by atoms with E-state index in [0.717, 1.165) is 19.4 Å². The van der Waals surface area contributed by atoms with Gasteiger partial charge < -0.3 is 10.3 Å². The predicted octanol–water partition coefficient (Wildman–Crippen LogP) is 0.115. The molecule has 0 aromatic rings. The van der Waals surface area contributed by atoms with Crippen LogP contribution in [-0.4, -0.2) is 41.9 Å². The lowest BCUT2D eigenvalue weighted by Gasteiger charge is -2.21. The number of sulfone groups is 1. The Bertz CT molecular complexity index is 334. The van der Waals surface area contributed by atoms with Crippen molar-refractivity contribution in [3.8, 4) is 0 Å². The van der Waals surface area contributed by atoms with Gasteiger partial charge in [-0.25, -0.2) is 8.42 Å².